The highest BCUT2D eigenvalue weighted by molar-refractivity contribution is 6.80. The number of unbranched alkanes of at least 4 members (excludes halogenated alkanes) is 8. The van der Waals surface area contributed by atoms with Crippen LogP contribution in [-0.4, -0.2) is 41.3 Å². The Morgan fingerprint density at radius 3 is 1.09 bits per heavy atom. The molecule has 4 nitrogen and oxygen atoms in total. The fourth-order valence-corrected chi connectivity index (χ4v) is 18.4. The van der Waals surface area contributed by atoms with E-state index >= 15 is 0 Å². The van der Waals surface area contributed by atoms with Gasteiger partial charge in [-0.15, -0.1) is 0 Å². The van der Waals surface area contributed by atoms with Gasteiger partial charge in [0, 0.05) is 5.57 Å². The van der Waals surface area contributed by atoms with Gasteiger partial charge in [-0.25, -0.2) is 4.79 Å². The molecule has 0 unspecified atom stereocenters. The predicted octanol–water partition coefficient (Wildman–Crippen LogP) is 12.3. The highest BCUT2D eigenvalue weighted by Gasteiger charge is 2.31. The number of carbonyl (C=O) groups is 2. The Kier molecular flexibility index (Phi) is 26.9. The predicted molar refractivity (Wildman–Crippen MR) is 194 cm³/mol. The monoisotopic (exact) mass is 639 g/mol. The van der Waals surface area contributed by atoms with Crippen LogP contribution >= 0.6 is 0 Å². The zero-order valence-corrected chi connectivity index (χ0v) is 31.9. The molecule has 0 aliphatic rings. The first-order valence-corrected chi connectivity index (χ1v) is 24.4. The minimum absolute atomic E-state index is 0.0674. The van der Waals surface area contributed by atoms with Crippen LogP contribution in [0.4, 0.5) is 0 Å². The highest BCUT2D eigenvalue weighted by atomic mass is 28.3. The van der Waals surface area contributed by atoms with E-state index in [9.17, 15) is 9.59 Å². The normalized spacial score (nSPS) is 12.0. The van der Waals surface area contributed by atoms with Gasteiger partial charge in [0.2, 0.25) is 0 Å². The van der Waals surface area contributed by atoms with Gasteiger partial charge in [-0.3, -0.25) is 4.79 Å². The highest BCUT2D eigenvalue weighted by Crippen LogP contribution is 2.35. The van der Waals surface area contributed by atoms with Gasteiger partial charge >= 0.3 is 11.9 Å². The minimum atomic E-state index is -1.24. The Morgan fingerprint density at radius 1 is 0.465 bits per heavy atom. The summed E-state index contributed by atoms with van der Waals surface area (Å²) >= 11 is 0. The van der Waals surface area contributed by atoms with Crippen molar-refractivity contribution in [1.29, 1.82) is 0 Å². The van der Waals surface area contributed by atoms with Crippen molar-refractivity contribution in [2.75, 3.05) is 13.2 Å². The maximum Gasteiger partial charge on any atom is 0.333 e. The molecule has 0 aliphatic heterocycles. The molecule has 0 saturated heterocycles. The van der Waals surface area contributed by atoms with Crippen molar-refractivity contribution in [3.8, 4) is 0 Å². The lowest BCUT2D eigenvalue weighted by molar-refractivity contribution is -0.146. The molecule has 254 valence electrons. The van der Waals surface area contributed by atoms with E-state index in [1.54, 1.807) is 0 Å². The lowest BCUT2D eigenvalue weighted by Crippen LogP contribution is -2.34. The van der Waals surface area contributed by atoms with Crippen molar-refractivity contribution in [2.45, 2.75) is 199 Å². The summed E-state index contributed by atoms with van der Waals surface area (Å²) in [6.45, 7) is 18.6. The third-order valence-electron chi connectivity index (χ3n) is 9.71. The number of hydrogen-bond acceptors (Lipinski definition) is 4. The Morgan fingerprint density at radius 2 is 0.767 bits per heavy atom. The van der Waals surface area contributed by atoms with Gasteiger partial charge in [0.05, 0.1) is 35.8 Å². The molecule has 0 radical (unpaired) electrons. The Labute approximate surface area is 270 Å². The lowest BCUT2D eigenvalue weighted by Gasteiger charge is -2.32. The van der Waals surface area contributed by atoms with Gasteiger partial charge in [-0.05, 0) is 12.8 Å². The van der Waals surface area contributed by atoms with E-state index in [0.29, 0.717) is 13.2 Å². The summed E-state index contributed by atoms with van der Waals surface area (Å²) in [6, 6.07) is 11.5. The van der Waals surface area contributed by atoms with Crippen LogP contribution < -0.4 is 0 Å². The van der Waals surface area contributed by atoms with E-state index in [1.807, 2.05) is 0 Å². The number of carbonyl (C=O) groups excluding carboxylic acids is 2. The summed E-state index contributed by atoms with van der Waals surface area (Å²) in [7, 11) is -2.48. The van der Waals surface area contributed by atoms with Crippen molar-refractivity contribution in [2.24, 2.45) is 0 Å². The fraction of sp³-hybridized carbons (Fsp3) is 0.892. The summed E-state index contributed by atoms with van der Waals surface area (Å²) in [5.41, 5.74) is 0.215. The van der Waals surface area contributed by atoms with Crippen molar-refractivity contribution in [1.82, 2.24) is 0 Å². The van der Waals surface area contributed by atoms with Crippen LogP contribution in [0.25, 0.3) is 0 Å². The van der Waals surface area contributed by atoms with Crippen molar-refractivity contribution < 1.29 is 19.1 Å². The second-order valence-electron chi connectivity index (χ2n) is 13.7. The third-order valence-corrected chi connectivity index (χ3v) is 21.0. The number of ether oxygens (including phenoxy) is 2. The van der Waals surface area contributed by atoms with Crippen LogP contribution in [-0.2, 0) is 19.1 Å². The molecule has 0 bridgehead atoms. The van der Waals surface area contributed by atoms with Gasteiger partial charge in [0.15, 0.2) is 0 Å². The minimum Gasteiger partial charge on any atom is -0.465 e. The molecule has 6 heteroatoms. The van der Waals surface area contributed by atoms with E-state index in [1.165, 1.54) is 125 Å². The molecule has 0 saturated carbocycles. The molecule has 0 N–H and O–H groups in total. The Bertz CT molecular complexity index is 665. The van der Waals surface area contributed by atoms with Crippen LogP contribution in [0.15, 0.2) is 12.2 Å². The van der Waals surface area contributed by atoms with Crippen LogP contribution in [0.1, 0.15) is 151 Å². The van der Waals surface area contributed by atoms with Crippen molar-refractivity contribution in [3.05, 3.63) is 12.2 Å². The molecule has 0 aromatic carbocycles. The summed E-state index contributed by atoms with van der Waals surface area (Å²) in [5, 5.41) is 0. The van der Waals surface area contributed by atoms with Crippen molar-refractivity contribution in [3.63, 3.8) is 0 Å². The fourth-order valence-electron chi connectivity index (χ4n) is 6.77. The lowest BCUT2D eigenvalue weighted by atomic mass is 10.2. The molecule has 43 heavy (non-hydrogen) atoms. The maximum absolute atomic E-state index is 12.5. The largest absolute Gasteiger partial charge is 0.465 e. The van der Waals surface area contributed by atoms with Crippen LogP contribution in [0.5, 0.6) is 0 Å². The number of esters is 2. The first kappa shape index (κ1) is 42.1. The zero-order valence-electron chi connectivity index (χ0n) is 29.9. The molecule has 0 fully saturated rings. The van der Waals surface area contributed by atoms with E-state index in [4.69, 9.17) is 9.47 Å². The summed E-state index contributed by atoms with van der Waals surface area (Å²) in [5.74, 6) is -0.797. The van der Waals surface area contributed by atoms with Gasteiger partial charge in [-0.1, -0.05) is 186 Å². The molecule has 0 amide bonds. The second-order valence-corrected chi connectivity index (χ2v) is 23.7. The van der Waals surface area contributed by atoms with Gasteiger partial charge in [0.25, 0.3) is 0 Å². The van der Waals surface area contributed by atoms with E-state index in [2.05, 4.69) is 48.1 Å². The Hall–Kier alpha value is -0.886. The quantitative estimate of drug-likeness (QED) is 0.0328. The Balaban J connectivity index is 4.50. The van der Waals surface area contributed by atoms with E-state index < -0.39 is 22.1 Å². The average Bonchev–Trinajstić information content (AvgIpc) is 3.01. The van der Waals surface area contributed by atoms with Crippen LogP contribution in [0.3, 0.4) is 0 Å². The summed E-state index contributed by atoms with van der Waals surface area (Å²) in [4.78, 5) is 24.9. The van der Waals surface area contributed by atoms with Gasteiger partial charge < -0.3 is 9.47 Å². The van der Waals surface area contributed by atoms with Gasteiger partial charge in [-0.2, -0.15) is 0 Å². The van der Waals surface area contributed by atoms with Gasteiger partial charge in [0.1, 0.15) is 0 Å². The summed E-state index contributed by atoms with van der Waals surface area (Å²) < 4.78 is 11.0. The molecule has 0 heterocycles. The molecule has 0 atom stereocenters. The molecule has 0 aromatic rings. The van der Waals surface area contributed by atoms with E-state index in [-0.39, 0.29) is 18.0 Å². The molecular weight excluding hydrogens is 565 g/mol. The molecule has 0 aliphatic carbocycles. The van der Waals surface area contributed by atoms with E-state index in [0.717, 1.165) is 25.7 Å². The maximum atomic E-state index is 12.5. The first-order chi connectivity index (χ1) is 20.8. The summed E-state index contributed by atoms with van der Waals surface area (Å²) in [6.07, 6.45) is 20.0. The standard InChI is InChI=1S/C37H74O4Si2/c1-8-14-26-42(27-15-9-2,28-16-10-3)32-22-20-24-40-36(38)34-35(7)37(39)41-25-21-23-33-43(29-17-11-4,30-18-12-5)31-19-13-6/h7-34H2,1-6H3. The molecule has 0 rings (SSSR count). The van der Waals surface area contributed by atoms with Crippen LogP contribution in [0, 0.1) is 0 Å². The topological polar surface area (TPSA) is 52.6 Å². The van der Waals surface area contributed by atoms with Crippen LogP contribution in [0.2, 0.25) is 48.4 Å². The average molecular weight is 639 g/mol. The third kappa shape index (κ3) is 20.7. The molecular formula is C37H74O4Si2. The second kappa shape index (κ2) is 27.4. The molecule has 0 spiro atoms. The smallest absolute Gasteiger partial charge is 0.333 e. The first-order valence-electron chi connectivity index (χ1n) is 18.8. The van der Waals surface area contributed by atoms with Crippen molar-refractivity contribution >= 4 is 28.1 Å². The number of hydrogen-bond donors (Lipinski definition) is 0. The zero-order chi connectivity index (χ0) is 32.2. The SMILES string of the molecule is C=C(CC(=O)OCCCC[Si](CCCC)(CCCC)CCCC)C(=O)OCCCC[Si](CCCC)(CCCC)CCCC. The number of rotatable bonds is 31. The molecule has 0 aromatic heterocycles.